The van der Waals surface area contributed by atoms with Crippen molar-refractivity contribution in [3.63, 3.8) is 0 Å². The van der Waals surface area contributed by atoms with Gasteiger partial charge in [0, 0.05) is 35.8 Å². The molecule has 0 heterocycles. The summed E-state index contributed by atoms with van der Waals surface area (Å²) in [6.07, 6.45) is 0.808. The van der Waals surface area contributed by atoms with Crippen molar-refractivity contribution in [2.75, 3.05) is 18.4 Å². The number of carbonyl (C=O) groups excluding carboxylic acids is 2. The van der Waals surface area contributed by atoms with E-state index in [1.165, 1.54) is 0 Å². The zero-order chi connectivity index (χ0) is 18.4. The Labute approximate surface area is 145 Å². The highest BCUT2D eigenvalue weighted by Gasteiger charge is 2.31. The maximum Gasteiger partial charge on any atom is 0.300 e. The van der Waals surface area contributed by atoms with Crippen LogP contribution < -0.4 is 11.1 Å². The van der Waals surface area contributed by atoms with Gasteiger partial charge in [-0.05, 0) is 19.0 Å². The van der Waals surface area contributed by atoms with Crippen LogP contribution in [0, 0.1) is 0 Å². The normalized spacial score (nSPS) is 11.8. The molecule has 1 aliphatic rings. The smallest absolute Gasteiger partial charge is 0.300 e. The fraction of sp³-hybridized carbons (Fsp3) is 0.211. The molecule has 3 rings (SSSR count). The van der Waals surface area contributed by atoms with E-state index in [0.29, 0.717) is 41.0 Å². The molecule has 0 aliphatic heterocycles. The van der Waals surface area contributed by atoms with Crippen LogP contribution in [0.3, 0.4) is 0 Å². The fourth-order valence-corrected chi connectivity index (χ4v) is 2.62. The molecule has 4 N–H and O–H groups in total. The van der Waals surface area contributed by atoms with E-state index in [2.05, 4.69) is 5.32 Å². The van der Waals surface area contributed by atoms with Crippen molar-refractivity contribution >= 4 is 23.2 Å². The largest absolute Gasteiger partial charge is 0.481 e. The van der Waals surface area contributed by atoms with E-state index in [1.54, 1.807) is 36.4 Å². The zero-order valence-corrected chi connectivity index (χ0v) is 13.9. The van der Waals surface area contributed by atoms with Crippen molar-refractivity contribution in [3.05, 3.63) is 64.7 Å². The molecule has 0 fully saturated rings. The maximum atomic E-state index is 12.7. The Bertz CT molecular complexity index is 811. The van der Waals surface area contributed by atoms with Gasteiger partial charge in [-0.3, -0.25) is 14.4 Å². The molecule has 0 unspecified atom stereocenters. The van der Waals surface area contributed by atoms with Crippen LogP contribution in [0.4, 0.5) is 5.69 Å². The number of aliphatic carboxylic acids is 1. The third-order valence-corrected chi connectivity index (χ3v) is 3.65. The van der Waals surface area contributed by atoms with Gasteiger partial charge in [0.1, 0.15) is 0 Å². The summed E-state index contributed by atoms with van der Waals surface area (Å²) >= 11 is 0. The molecule has 2 aromatic carbocycles. The minimum Gasteiger partial charge on any atom is -0.481 e. The molecule has 0 bridgehead atoms. The molecular weight excluding hydrogens is 320 g/mol. The minimum absolute atomic E-state index is 0.0947. The van der Waals surface area contributed by atoms with Gasteiger partial charge in [-0.1, -0.05) is 36.4 Å². The predicted molar refractivity (Wildman–Crippen MR) is 95.2 cm³/mol. The van der Waals surface area contributed by atoms with Gasteiger partial charge < -0.3 is 16.2 Å². The first-order valence-corrected chi connectivity index (χ1v) is 7.92. The van der Waals surface area contributed by atoms with Gasteiger partial charge in [-0.15, -0.1) is 0 Å². The van der Waals surface area contributed by atoms with Crippen LogP contribution in [0.15, 0.2) is 42.5 Å². The molecule has 2 aromatic rings. The zero-order valence-electron chi connectivity index (χ0n) is 13.9. The molecule has 25 heavy (non-hydrogen) atoms. The lowest BCUT2D eigenvalue weighted by Crippen LogP contribution is -2.22. The monoisotopic (exact) mass is 340 g/mol. The van der Waals surface area contributed by atoms with Crippen molar-refractivity contribution in [1.29, 1.82) is 0 Å². The Morgan fingerprint density at radius 3 is 2.16 bits per heavy atom. The SMILES string of the molecule is CC(=O)O.NCCCNc1cccc2c1C(=O)c1ccccc1C2=O. The summed E-state index contributed by atoms with van der Waals surface area (Å²) in [4.78, 5) is 34.2. The summed E-state index contributed by atoms with van der Waals surface area (Å²) in [6, 6.07) is 12.3. The van der Waals surface area contributed by atoms with E-state index in [-0.39, 0.29) is 11.6 Å². The number of anilines is 1. The topological polar surface area (TPSA) is 109 Å². The van der Waals surface area contributed by atoms with E-state index >= 15 is 0 Å². The van der Waals surface area contributed by atoms with Crippen LogP contribution >= 0.6 is 0 Å². The Morgan fingerprint density at radius 2 is 1.56 bits per heavy atom. The van der Waals surface area contributed by atoms with E-state index in [1.807, 2.05) is 6.07 Å². The van der Waals surface area contributed by atoms with Gasteiger partial charge in [0.2, 0.25) is 0 Å². The number of nitrogens with two attached hydrogens (primary N) is 1. The average molecular weight is 340 g/mol. The first-order chi connectivity index (χ1) is 12.0. The maximum absolute atomic E-state index is 12.7. The molecule has 0 saturated heterocycles. The highest BCUT2D eigenvalue weighted by atomic mass is 16.4. The van der Waals surface area contributed by atoms with Crippen LogP contribution in [0.2, 0.25) is 0 Å². The van der Waals surface area contributed by atoms with Gasteiger partial charge in [0.05, 0.1) is 5.56 Å². The van der Waals surface area contributed by atoms with E-state index < -0.39 is 5.97 Å². The lowest BCUT2D eigenvalue weighted by Gasteiger charge is -2.20. The third kappa shape index (κ3) is 4.10. The molecular formula is C19H20N2O4. The first kappa shape index (κ1) is 18.4. The second kappa shape index (κ2) is 8.21. The van der Waals surface area contributed by atoms with Crippen molar-refractivity contribution in [2.45, 2.75) is 13.3 Å². The lowest BCUT2D eigenvalue weighted by molar-refractivity contribution is -0.134. The summed E-state index contributed by atoms with van der Waals surface area (Å²) < 4.78 is 0. The lowest BCUT2D eigenvalue weighted by atomic mass is 9.83. The fourth-order valence-electron chi connectivity index (χ4n) is 2.62. The Kier molecular flexibility index (Phi) is 6.03. The predicted octanol–water partition coefficient (Wildman–Crippen LogP) is 2.31. The molecule has 6 heteroatoms. The van der Waals surface area contributed by atoms with Crippen molar-refractivity contribution in [1.82, 2.24) is 0 Å². The van der Waals surface area contributed by atoms with Gasteiger partial charge >= 0.3 is 0 Å². The van der Waals surface area contributed by atoms with Crippen LogP contribution in [0.25, 0.3) is 0 Å². The molecule has 0 aromatic heterocycles. The van der Waals surface area contributed by atoms with E-state index in [0.717, 1.165) is 13.3 Å². The second-order valence-electron chi connectivity index (χ2n) is 5.52. The van der Waals surface area contributed by atoms with Crippen molar-refractivity contribution in [3.8, 4) is 0 Å². The van der Waals surface area contributed by atoms with Crippen molar-refractivity contribution < 1.29 is 19.5 Å². The van der Waals surface area contributed by atoms with Gasteiger partial charge in [0.25, 0.3) is 5.97 Å². The van der Waals surface area contributed by atoms with Gasteiger partial charge in [0.15, 0.2) is 11.6 Å². The Balaban J connectivity index is 0.000000511. The number of fused-ring (bicyclic) bond motifs is 2. The third-order valence-electron chi connectivity index (χ3n) is 3.65. The highest BCUT2D eigenvalue weighted by Crippen LogP contribution is 2.31. The highest BCUT2D eigenvalue weighted by molar-refractivity contribution is 6.30. The second-order valence-corrected chi connectivity index (χ2v) is 5.52. The number of carboxylic acids is 1. The average Bonchev–Trinajstić information content (AvgIpc) is 2.59. The molecule has 1 aliphatic carbocycles. The van der Waals surface area contributed by atoms with Gasteiger partial charge in [-0.25, -0.2) is 0 Å². The summed E-state index contributed by atoms with van der Waals surface area (Å²) in [5.41, 5.74) is 8.08. The number of benzene rings is 2. The summed E-state index contributed by atoms with van der Waals surface area (Å²) in [5, 5.41) is 10.6. The number of carboxylic acid groups (broad SMARTS) is 1. The standard InChI is InChI=1S/C17H16N2O2.C2H4O2/c18-9-4-10-19-14-8-3-7-13-15(14)17(21)12-6-2-1-5-11(12)16(13)20;1-2(3)4/h1-3,5-8,19H,4,9-10,18H2;1H3,(H,3,4). The number of carbonyl (C=O) groups is 3. The molecule has 0 spiro atoms. The minimum atomic E-state index is -0.833. The van der Waals surface area contributed by atoms with Gasteiger partial charge in [-0.2, -0.15) is 0 Å². The number of nitrogens with one attached hydrogen (secondary N) is 1. The summed E-state index contributed by atoms with van der Waals surface area (Å²) in [6.45, 7) is 2.34. The Hall–Kier alpha value is -2.99. The number of hydrogen-bond acceptors (Lipinski definition) is 5. The molecule has 0 radical (unpaired) electrons. The van der Waals surface area contributed by atoms with Crippen LogP contribution in [0.5, 0.6) is 0 Å². The number of rotatable bonds is 4. The first-order valence-electron chi connectivity index (χ1n) is 7.92. The van der Waals surface area contributed by atoms with E-state index in [9.17, 15) is 9.59 Å². The van der Waals surface area contributed by atoms with Crippen LogP contribution in [-0.2, 0) is 4.79 Å². The van der Waals surface area contributed by atoms with Crippen molar-refractivity contribution in [2.24, 2.45) is 5.73 Å². The molecule has 6 nitrogen and oxygen atoms in total. The molecule has 0 saturated carbocycles. The number of hydrogen-bond donors (Lipinski definition) is 3. The van der Waals surface area contributed by atoms with E-state index in [4.69, 9.17) is 15.6 Å². The quantitative estimate of drug-likeness (QED) is 0.629. The summed E-state index contributed by atoms with van der Waals surface area (Å²) in [5.74, 6) is -1.03. The molecule has 0 atom stereocenters. The van der Waals surface area contributed by atoms with Crippen LogP contribution in [-0.4, -0.2) is 35.7 Å². The van der Waals surface area contributed by atoms with Crippen LogP contribution in [0.1, 0.15) is 45.2 Å². The number of ketones is 2. The molecule has 0 amide bonds. The Morgan fingerprint density at radius 1 is 1.00 bits per heavy atom. The molecule has 130 valence electrons. The summed E-state index contributed by atoms with van der Waals surface area (Å²) in [7, 11) is 0.